The fourth-order valence-electron chi connectivity index (χ4n) is 1.93. The van der Waals surface area contributed by atoms with Crippen LogP contribution in [-0.2, 0) is 18.4 Å². The van der Waals surface area contributed by atoms with Gasteiger partial charge in [-0.1, -0.05) is 6.07 Å². The molecule has 1 heterocycles. The summed E-state index contributed by atoms with van der Waals surface area (Å²) in [6.07, 6.45) is 0. The molecule has 0 aliphatic rings. The lowest BCUT2D eigenvalue weighted by atomic mass is 10.2. The van der Waals surface area contributed by atoms with Crippen LogP contribution in [0.3, 0.4) is 0 Å². The van der Waals surface area contributed by atoms with E-state index in [0.717, 1.165) is 9.13 Å². The molecule has 0 fully saturated rings. The van der Waals surface area contributed by atoms with Gasteiger partial charge >= 0.3 is 5.69 Å². The van der Waals surface area contributed by atoms with Gasteiger partial charge in [0.1, 0.15) is 11.5 Å². The highest BCUT2D eigenvalue weighted by Crippen LogP contribution is 2.19. The molecule has 6 nitrogen and oxygen atoms in total. The molecule has 0 unspecified atom stereocenters. The molecule has 2 aromatic rings. The number of carbonyl (C=O) groups excluding carboxylic acids is 1. The molecule has 0 atom stereocenters. The number of phenolic OH excluding ortho intramolecular Hbond substituents is 1. The van der Waals surface area contributed by atoms with Crippen LogP contribution in [0.4, 0.5) is 0 Å². The minimum Gasteiger partial charge on any atom is -0.506 e. The Balaban J connectivity index is 2.98. The van der Waals surface area contributed by atoms with E-state index in [1.54, 1.807) is 0 Å². The van der Waals surface area contributed by atoms with Crippen molar-refractivity contribution in [1.82, 2.24) is 9.13 Å². The van der Waals surface area contributed by atoms with Crippen molar-refractivity contribution in [3.05, 3.63) is 39.0 Å². The van der Waals surface area contributed by atoms with Gasteiger partial charge in [0.05, 0.1) is 17.4 Å². The van der Waals surface area contributed by atoms with E-state index < -0.39 is 11.2 Å². The zero-order chi connectivity index (χ0) is 13.4. The fourth-order valence-corrected chi connectivity index (χ4v) is 1.93. The summed E-state index contributed by atoms with van der Waals surface area (Å²) in [7, 11) is 1.44. The van der Waals surface area contributed by atoms with E-state index in [1.165, 1.54) is 32.2 Å². The first-order chi connectivity index (χ1) is 8.43. The molecular formula is C12H12N2O4. The maximum absolute atomic E-state index is 12.1. The molecule has 1 N–H and O–H groups in total. The number of Topliss-reactive ketones (excluding diaryl/α,β-unsaturated/α-hetero) is 1. The number of nitrogens with zero attached hydrogens (tertiary/aromatic N) is 2. The van der Waals surface area contributed by atoms with Gasteiger partial charge in [-0.2, -0.15) is 0 Å². The Bertz CT molecular complexity index is 755. The molecule has 0 radical (unpaired) electrons. The molecule has 0 saturated heterocycles. The number of aryl methyl sites for hydroxylation is 1. The van der Waals surface area contributed by atoms with E-state index >= 15 is 0 Å². The summed E-state index contributed by atoms with van der Waals surface area (Å²) >= 11 is 0. The average molecular weight is 248 g/mol. The Morgan fingerprint density at radius 2 is 2.00 bits per heavy atom. The zero-order valence-corrected chi connectivity index (χ0v) is 10.0. The van der Waals surface area contributed by atoms with Crippen molar-refractivity contribution in [3.8, 4) is 5.75 Å². The highest BCUT2D eigenvalue weighted by molar-refractivity contribution is 5.84. The molecule has 0 aliphatic carbocycles. The summed E-state index contributed by atoms with van der Waals surface area (Å²) in [5, 5.41) is 9.91. The average Bonchev–Trinajstić information content (AvgIpc) is 2.31. The number of hydrogen-bond donors (Lipinski definition) is 1. The molecule has 18 heavy (non-hydrogen) atoms. The largest absolute Gasteiger partial charge is 0.506 e. The van der Waals surface area contributed by atoms with E-state index in [1.807, 2.05) is 0 Å². The molecule has 0 aliphatic heterocycles. The minimum atomic E-state index is -0.621. The minimum absolute atomic E-state index is 0.140. The summed E-state index contributed by atoms with van der Waals surface area (Å²) in [4.78, 5) is 35.1. The molecule has 1 aromatic carbocycles. The van der Waals surface area contributed by atoms with Crippen LogP contribution >= 0.6 is 0 Å². The first kappa shape index (κ1) is 12.1. The van der Waals surface area contributed by atoms with Crippen LogP contribution < -0.4 is 11.2 Å². The normalized spacial score (nSPS) is 10.8. The number of aromatic hydroxyl groups is 1. The summed E-state index contributed by atoms with van der Waals surface area (Å²) in [5.74, 6) is -0.423. The summed E-state index contributed by atoms with van der Waals surface area (Å²) in [6.45, 7) is 1.04. The molecule has 6 heteroatoms. The van der Waals surface area contributed by atoms with Crippen molar-refractivity contribution in [2.75, 3.05) is 0 Å². The number of aromatic nitrogens is 2. The van der Waals surface area contributed by atoms with Gasteiger partial charge in [0.25, 0.3) is 5.56 Å². The van der Waals surface area contributed by atoms with Crippen LogP contribution in [0.25, 0.3) is 10.9 Å². The topological polar surface area (TPSA) is 81.3 Å². The van der Waals surface area contributed by atoms with Crippen LogP contribution in [-0.4, -0.2) is 20.0 Å². The third-order valence-electron chi connectivity index (χ3n) is 2.72. The van der Waals surface area contributed by atoms with Gasteiger partial charge < -0.3 is 5.11 Å². The highest BCUT2D eigenvalue weighted by Gasteiger charge is 2.14. The van der Waals surface area contributed by atoms with E-state index in [4.69, 9.17) is 0 Å². The molecule has 94 valence electrons. The van der Waals surface area contributed by atoms with Crippen LogP contribution in [0.1, 0.15) is 6.92 Å². The SMILES string of the molecule is CC(=O)Cn1c(=O)c2cccc(O)c2n(C)c1=O. The first-order valence-electron chi connectivity index (χ1n) is 5.34. The lowest BCUT2D eigenvalue weighted by molar-refractivity contribution is -0.117. The molecule has 0 spiro atoms. The number of phenols is 1. The second-order valence-electron chi connectivity index (χ2n) is 4.11. The smallest absolute Gasteiger partial charge is 0.331 e. The first-order valence-corrected chi connectivity index (χ1v) is 5.34. The van der Waals surface area contributed by atoms with Gasteiger partial charge in [0.15, 0.2) is 0 Å². The van der Waals surface area contributed by atoms with Crippen LogP contribution in [0.5, 0.6) is 5.75 Å². The lowest BCUT2D eigenvalue weighted by Crippen LogP contribution is -2.40. The number of rotatable bonds is 2. The summed E-state index contributed by atoms with van der Waals surface area (Å²) in [6, 6.07) is 4.42. The standard InChI is InChI=1S/C12H12N2O4/c1-7(15)6-14-11(17)8-4-3-5-9(16)10(8)13(2)12(14)18/h3-5,16H,6H2,1-2H3. The van der Waals surface area contributed by atoms with E-state index in [0.29, 0.717) is 0 Å². The fraction of sp³-hybridized carbons (Fsp3) is 0.250. The maximum Gasteiger partial charge on any atom is 0.331 e. The Hall–Kier alpha value is -2.37. The van der Waals surface area contributed by atoms with Crippen molar-refractivity contribution < 1.29 is 9.90 Å². The number of benzene rings is 1. The Labute approximate surface area is 102 Å². The molecule has 0 amide bonds. The van der Waals surface area contributed by atoms with Crippen molar-refractivity contribution in [2.24, 2.45) is 7.05 Å². The molecule has 1 aromatic heterocycles. The van der Waals surface area contributed by atoms with Crippen molar-refractivity contribution in [2.45, 2.75) is 13.5 Å². The van der Waals surface area contributed by atoms with Crippen molar-refractivity contribution in [1.29, 1.82) is 0 Å². The predicted molar refractivity (Wildman–Crippen MR) is 65.8 cm³/mol. The zero-order valence-electron chi connectivity index (χ0n) is 10.0. The molecule has 0 saturated carbocycles. The summed E-state index contributed by atoms with van der Waals surface area (Å²) in [5.41, 5.74) is -1.02. The number of fused-ring (bicyclic) bond motifs is 1. The van der Waals surface area contributed by atoms with Gasteiger partial charge in [0.2, 0.25) is 0 Å². The van der Waals surface area contributed by atoms with Crippen molar-refractivity contribution >= 4 is 16.7 Å². The van der Waals surface area contributed by atoms with Gasteiger partial charge in [-0.05, 0) is 19.1 Å². The Morgan fingerprint density at radius 1 is 1.33 bits per heavy atom. The van der Waals surface area contributed by atoms with Crippen LogP contribution in [0, 0.1) is 0 Å². The Morgan fingerprint density at radius 3 is 2.61 bits per heavy atom. The van der Waals surface area contributed by atoms with Gasteiger partial charge in [0, 0.05) is 7.05 Å². The highest BCUT2D eigenvalue weighted by atomic mass is 16.3. The number of para-hydroxylation sites is 1. The van der Waals surface area contributed by atoms with Crippen LogP contribution in [0.15, 0.2) is 27.8 Å². The van der Waals surface area contributed by atoms with E-state index in [9.17, 15) is 19.5 Å². The monoisotopic (exact) mass is 248 g/mol. The Kier molecular flexibility index (Phi) is 2.78. The molecule has 0 bridgehead atoms. The third-order valence-corrected chi connectivity index (χ3v) is 2.72. The number of hydrogen-bond acceptors (Lipinski definition) is 4. The number of carbonyl (C=O) groups is 1. The second kappa shape index (κ2) is 4.14. The molecule has 2 rings (SSSR count). The van der Waals surface area contributed by atoms with E-state index in [-0.39, 0.29) is 29.0 Å². The van der Waals surface area contributed by atoms with E-state index in [2.05, 4.69) is 0 Å². The summed E-state index contributed by atoms with van der Waals surface area (Å²) < 4.78 is 2.03. The van der Waals surface area contributed by atoms with Crippen LogP contribution in [0.2, 0.25) is 0 Å². The second-order valence-corrected chi connectivity index (χ2v) is 4.11. The number of ketones is 1. The predicted octanol–water partition coefficient (Wildman–Crippen LogP) is -0.00520. The van der Waals surface area contributed by atoms with Gasteiger partial charge in [-0.25, -0.2) is 4.79 Å². The lowest BCUT2D eigenvalue weighted by Gasteiger charge is -2.10. The quantitative estimate of drug-likeness (QED) is 0.810. The van der Waals surface area contributed by atoms with Crippen molar-refractivity contribution in [3.63, 3.8) is 0 Å². The van der Waals surface area contributed by atoms with Gasteiger partial charge in [-0.3, -0.25) is 18.7 Å². The molecular weight excluding hydrogens is 236 g/mol. The third kappa shape index (κ3) is 1.71. The maximum atomic E-state index is 12.1. The van der Waals surface area contributed by atoms with Gasteiger partial charge in [-0.15, -0.1) is 0 Å².